The van der Waals surface area contributed by atoms with Crippen LogP contribution in [0.25, 0.3) is 22.0 Å². The number of nitrogens with zero attached hydrogens (tertiary/aromatic N) is 1. The average Bonchev–Trinajstić information content (AvgIpc) is 3.43. The van der Waals surface area contributed by atoms with Crippen molar-refractivity contribution in [2.75, 3.05) is 0 Å². The number of benzene rings is 7. The van der Waals surface area contributed by atoms with E-state index in [1.54, 1.807) is 0 Å². The molecule has 0 spiro atoms. The van der Waals surface area contributed by atoms with Crippen molar-refractivity contribution in [3.05, 3.63) is 219 Å². The van der Waals surface area contributed by atoms with E-state index in [4.69, 9.17) is 0 Å². The van der Waals surface area contributed by atoms with E-state index in [0.29, 0.717) is 12.5 Å². The van der Waals surface area contributed by atoms with Crippen LogP contribution in [0.5, 0.6) is 0 Å². The Labute approximate surface area is 415 Å². The minimum atomic E-state index is -7.22. The van der Waals surface area contributed by atoms with Crippen LogP contribution < -0.4 is 26.4 Å². The number of hydrogen-bond donors (Lipinski definition) is 0. The SMILES string of the molecule is Fc1c(F)c(F)c([B-](c2c(F)c(F)c(F)c(F)c2F)(c2c(F)c(F)c(F)c(F)c2F)c2c(F)c(F)c(F)c(F)c2F)c(F)c1F.O=C(C[n+]1ccc2ccccc2c1-c1ccc(C2CCCCC2)cc1)c1ccccc1. The van der Waals surface area contributed by atoms with Gasteiger partial charge < -0.3 is 0 Å². The largest absolute Gasteiger partial charge is 0.287 e. The highest BCUT2D eigenvalue weighted by Crippen LogP contribution is 2.35. The molecule has 1 fully saturated rings. The van der Waals surface area contributed by atoms with Crippen LogP contribution in [-0.2, 0) is 6.54 Å². The number of carbonyl (C=O) groups excluding carboxylic acids is 1. The monoisotopic (exact) mass is 1090 g/mol. The van der Waals surface area contributed by atoms with Gasteiger partial charge in [0.25, 0.3) is 0 Å². The Morgan fingerprint density at radius 2 is 0.737 bits per heavy atom. The third-order valence-electron chi connectivity index (χ3n) is 13.3. The lowest BCUT2D eigenvalue weighted by Gasteiger charge is -2.44. The molecule has 9 rings (SSSR count). The topological polar surface area (TPSA) is 20.9 Å². The third-order valence-corrected chi connectivity index (χ3v) is 13.3. The van der Waals surface area contributed by atoms with Crippen LogP contribution in [0.2, 0.25) is 0 Å². The number of aromatic nitrogens is 1. The summed E-state index contributed by atoms with van der Waals surface area (Å²) in [7, 11) is 0. The molecule has 8 aromatic rings. The number of rotatable bonds is 9. The van der Waals surface area contributed by atoms with Crippen LogP contribution in [0.3, 0.4) is 0 Å². The molecule has 0 atom stereocenters. The Hall–Kier alpha value is -7.72. The average molecular weight is 1090 g/mol. The molecule has 1 heterocycles. The van der Waals surface area contributed by atoms with Gasteiger partial charge in [0.15, 0.2) is 76.0 Å². The molecule has 1 saturated carbocycles. The Kier molecular flexibility index (Phi) is 15.2. The molecule has 0 amide bonds. The molecule has 0 aliphatic heterocycles. The molecule has 0 N–H and O–H groups in total. The molecule has 2 nitrogen and oxygen atoms in total. The van der Waals surface area contributed by atoms with Crippen LogP contribution in [0.15, 0.2) is 91.1 Å². The van der Waals surface area contributed by atoms with Crippen LogP contribution in [0.4, 0.5) is 87.8 Å². The fourth-order valence-corrected chi connectivity index (χ4v) is 9.80. The Morgan fingerprint density at radius 3 is 1.12 bits per heavy atom. The van der Waals surface area contributed by atoms with Crippen molar-refractivity contribution in [2.45, 2.75) is 44.6 Å². The standard InChI is InChI=1S/C29H28NO.C24BF20/c31-28(25-12-5-2-6-13-25)21-30-20-19-24-11-7-8-14-27(24)29(30)26-17-15-23(16-18-26)22-9-3-1-4-10-22;26-5-1(6(27)14(35)21(42)13(5)34)25(2-7(28)15(36)22(43)16(37)8(2)29,3-9(30)17(38)23(44)18(39)10(3)31)4-11(32)19(40)24(45)20(41)12(4)33/h2,5-8,11-20,22H,1,3-4,9-10,21H2;/q+1;-1. The number of carbonyl (C=O) groups is 1. The quantitative estimate of drug-likeness (QED) is 0.0352. The second-order valence-electron chi connectivity index (χ2n) is 17.4. The van der Waals surface area contributed by atoms with Crippen molar-refractivity contribution in [2.24, 2.45) is 0 Å². The normalized spacial score (nSPS) is 13.1. The van der Waals surface area contributed by atoms with Gasteiger partial charge in [-0.15, -0.1) is 21.9 Å². The summed E-state index contributed by atoms with van der Waals surface area (Å²) in [6.45, 7) is 0.328. The zero-order chi connectivity index (χ0) is 55.4. The second-order valence-corrected chi connectivity index (χ2v) is 17.4. The van der Waals surface area contributed by atoms with Crippen LogP contribution in [0, 0.1) is 116 Å². The Morgan fingerprint density at radius 1 is 0.395 bits per heavy atom. The van der Waals surface area contributed by atoms with Crippen molar-refractivity contribution in [3.63, 3.8) is 0 Å². The van der Waals surface area contributed by atoms with E-state index < -0.39 is 144 Å². The number of ketones is 1. The first-order chi connectivity index (χ1) is 36.0. The maximum absolute atomic E-state index is 15.4. The van der Waals surface area contributed by atoms with Crippen LogP contribution in [0.1, 0.15) is 53.9 Å². The summed E-state index contributed by atoms with van der Waals surface area (Å²) >= 11 is 0. The summed E-state index contributed by atoms with van der Waals surface area (Å²) in [5, 5.41) is 2.37. The van der Waals surface area contributed by atoms with Crippen molar-refractivity contribution in [3.8, 4) is 11.3 Å². The molecular weight excluding hydrogens is 1060 g/mol. The lowest BCUT2D eigenvalue weighted by atomic mass is 9.12. The van der Waals surface area contributed by atoms with Gasteiger partial charge in [-0.2, -0.15) is 4.57 Å². The summed E-state index contributed by atoms with van der Waals surface area (Å²) < 4.78 is 296. The Bertz CT molecular complexity index is 3240. The maximum Gasteiger partial charge on any atom is 0.227 e. The van der Waals surface area contributed by atoms with Crippen LogP contribution in [-0.4, -0.2) is 11.9 Å². The summed E-state index contributed by atoms with van der Waals surface area (Å²) in [6.07, 6.45) is 1.51. The van der Waals surface area contributed by atoms with Crippen LogP contribution >= 0.6 is 0 Å². The van der Waals surface area contributed by atoms with E-state index >= 15 is 35.1 Å². The minimum absolute atomic E-state index is 0.126. The molecule has 7 aromatic carbocycles. The molecule has 0 saturated heterocycles. The molecule has 0 unspecified atom stereocenters. The van der Waals surface area contributed by atoms with E-state index in [0.717, 1.165) is 16.8 Å². The first-order valence-electron chi connectivity index (χ1n) is 22.3. The zero-order valence-electron chi connectivity index (χ0n) is 38.0. The number of hydrogen-bond acceptors (Lipinski definition) is 1. The molecule has 76 heavy (non-hydrogen) atoms. The lowest BCUT2D eigenvalue weighted by Crippen LogP contribution is -2.81. The fourth-order valence-electron chi connectivity index (χ4n) is 9.80. The van der Waals surface area contributed by atoms with E-state index in [1.807, 2.05) is 36.5 Å². The van der Waals surface area contributed by atoms with E-state index in [2.05, 4.69) is 59.2 Å². The van der Waals surface area contributed by atoms with Gasteiger partial charge in [-0.25, -0.2) is 87.8 Å². The van der Waals surface area contributed by atoms with Gasteiger partial charge in [0.1, 0.15) is 52.7 Å². The zero-order valence-corrected chi connectivity index (χ0v) is 38.0. The highest BCUT2D eigenvalue weighted by molar-refractivity contribution is 7.20. The predicted molar refractivity (Wildman–Crippen MR) is 235 cm³/mol. The molecular formula is C53H28BF20NO. The van der Waals surface area contributed by atoms with Gasteiger partial charge in [0.05, 0.1) is 5.39 Å². The van der Waals surface area contributed by atoms with Crippen molar-refractivity contribution >= 4 is 44.6 Å². The molecule has 0 bridgehead atoms. The van der Waals surface area contributed by atoms with E-state index in [1.165, 1.54) is 48.4 Å². The highest BCUT2D eigenvalue weighted by Gasteiger charge is 2.52. The number of halogens is 20. The first kappa shape index (κ1) is 54.5. The molecule has 23 heteroatoms. The highest BCUT2D eigenvalue weighted by atomic mass is 19.2. The van der Waals surface area contributed by atoms with Crippen molar-refractivity contribution in [1.29, 1.82) is 0 Å². The maximum atomic E-state index is 15.4. The van der Waals surface area contributed by atoms with E-state index in [9.17, 15) is 57.5 Å². The van der Waals surface area contributed by atoms with Crippen molar-refractivity contribution in [1.82, 2.24) is 0 Å². The van der Waals surface area contributed by atoms with Gasteiger partial charge in [0, 0.05) is 17.2 Å². The summed E-state index contributed by atoms with van der Waals surface area (Å²) in [6, 6.07) is 29.2. The first-order valence-corrected chi connectivity index (χ1v) is 22.3. The number of fused-ring (bicyclic) bond motifs is 1. The predicted octanol–water partition coefficient (Wildman–Crippen LogP) is 12.6. The van der Waals surface area contributed by atoms with Crippen molar-refractivity contribution < 1.29 is 97.2 Å². The fraction of sp³-hybridized carbons (Fsp3) is 0.132. The third kappa shape index (κ3) is 8.89. The smallest absolute Gasteiger partial charge is 0.227 e. The molecule has 1 aromatic heterocycles. The molecule has 0 radical (unpaired) electrons. The summed E-state index contributed by atoms with van der Waals surface area (Å²) in [5.74, 6) is -70.6. The van der Waals surface area contributed by atoms with Gasteiger partial charge in [-0.1, -0.05) is 79.9 Å². The van der Waals surface area contributed by atoms with Gasteiger partial charge in [0.2, 0.25) is 18.0 Å². The number of Topliss-reactive ketones (excluding diaryl/α,β-unsaturated/α-hetero) is 1. The molecule has 1 aliphatic rings. The van der Waals surface area contributed by atoms with Gasteiger partial charge in [-0.3, -0.25) is 4.79 Å². The minimum Gasteiger partial charge on any atom is -0.287 e. The Balaban J connectivity index is 0.000000215. The summed E-state index contributed by atoms with van der Waals surface area (Å²) in [4.78, 5) is 13.0. The number of pyridine rings is 1. The summed E-state index contributed by atoms with van der Waals surface area (Å²) in [5.41, 5.74) is -9.85. The second kappa shape index (κ2) is 21.1. The van der Waals surface area contributed by atoms with Gasteiger partial charge in [-0.05, 0) is 47.9 Å². The van der Waals surface area contributed by atoms with Gasteiger partial charge >= 0.3 is 0 Å². The molecule has 1 aliphatic carbocycles. The molecule has 394 valence electrons. The van der Waals surface area contributed by atoms with E-state index in [-0.39, 0.29) is 5.78 Å². The lowest BCUT2D eigenvalue weighted by molar-refractivity contribution is -0.671.